The van der Waals surface area contributed by atoms with E-state index < -0.39 is 0 Å². The van der Waals surface area contributed by atoms with Gasteiger partial charge in [-0.05, 0) is 50.8 Å². The molecule has 0 saturated carbocycles. The molecule has 1 atom stereocenters. The Morgan fingerprint density at radius 3 is 2.61 bits per heavy atom. The fourth-order valence-electron chi connectivity index (χ4n) is 3.34. The molecule has 1 unspecified atom stereocenters. The molecule has 1 aromatic carbocycles. The predicted octanol–water partition coefficient (Wildman–Crippen LogP) is 4.48. The fourth-order valence-corrected chi connectivity index (χ4v) is 3.34. The molecule has 94 valence electrons. The van der Waals surface area contributed by atoms with Gasteiger partial charge in [-0.1, -0.05) is 36.3 Å². The maximum Gasteiger partial charge on any atom is 0.133 e. The van der Waals surface area contributed by atoms with Crippen LogP contribution in [-0.2, 0) is 6.42 Å². The second-order valence-electron chi connectivity index (χ2n) is 6.13. The predicted molar refractivity (Wildman–Crippen MR) is 74.8 cm³/mol. The summed E-state index contributed by atoms with van der Waals surface area (Å²) in [5, 5.41) is 0. The van der Waals surface area contributed by atoms with Crippen LogP contribution in [0.15, 0.2) is 35.6 Å². The van der Waals surface area contributed by atoms with E-state index in [0.717, 1.165) is 24.4 Å². The van der Waals surface area contributed by atoms with Gasteiger partial charge in [0.1, 0.15) is 11.5 Å². The summed E-state index contributed by atoms with van der Waals surface area (Å²) < 4.78 is 6.19. The van der Waals surface area contributed by atoms with E-state index in [2.05, 4.69) is 52.0 Å². The Balaban J connectivity index is 2.12. The summed E-state index contributed by atoms with van der Waals surface area (Å²) in [6.45, 7) is 8.82. The normalized spacial score (nSPS) is 25.6. The van der Waals surface area contributed by atoms with Crippen LogP contribution in [0.4, 0.5) is 0 Å². The van der Waals surface area contributed by atoms with Crippen molar-refractivity contribution in [2.45, 2.75) is 40.5 Å². The van der Waals surface area contributed by atoms with Crippen LogP contribution >= 0.6 is 0 Å². The summed E-state index contributed by atoms with van der Waals surface area (Å²) in [6, 6.07) is 4.48. The van der Waals surface area contributed by atoms with Gasteiger partial charge in [0.25, 0.3) is 0 Å². The zero-order chi connectivity index (χ0) is 12.9. The quantitative estimate of drug-likeness (QED) is 0.649. The van der Waals surface area contributed by atoms with Crippen molar-refractivity contribution in [3.63, 3.8) is 0 Å². The van der Waals surface area contributed by atoms with Crippen molar-refractivity contribution < 1.29 is 4.74 Å². The lowest BCUT2D eigenvalue weighted by molar-refractivity contribution is 0.217. The second kappa shape index (κ2) is 3.74. The zero-order valence-corrected chi connectivity index (χ0v) is 11.6. The van der Waals surface area contributed by atoms with Gasteiger partial charge < -0.3 is 4.74 Å². The Bertz CT molecular complexity index is 578. The van der Waals surface area contributed by atoms with Crippen molar-refractivity contribution in [1.82, 2.24) is 0 Å². The third-order valence-corrected chi connectivity index (χ3v) is 4.07. The van der Waals surface area contributed by atoms with E-state index in [1.807, 2.05) is 0 Å². The first-order valence-corrected chi connectivity index (χ1v) is 6.64. The molecule has 1 aliphatic carbocycles. The van der Waals surface area contributed by atoms with Gasteiger partial charge in [-0.3, -0.25) is 0 Å². The van der Waals surface area contributed by atoms with Gasteiger partial charge in [-0.15, -0.1) is 0 Å². The third-order valence-electron chi connectivity index (χ3n) is 4.07. The lowest BCUT2D eigenvalue weighted by atomic mass is 9.72. The van der Waals surface area contributed by atoms with E-state index in [9.17, 15) is 0 Å². The van der Waals surface area contributed by atoms with Crippen LogP contribution in [0.3, 0.4) is 0 Å². The molecule has 0 spiro atoms. The number of allylic oxidation sites excluding steroid dienone is 4. The van der Waals surface area contributed by atoms with Crippen molar-refractivity contribution in [3.8, 4) is 5.75 Å². The highest BCUT2D eigenvalue weighted by Crippen LogP contribution is 2.47. The van der Waals surface area contributed by atoms with Crippen LogP contribution in [-0.4, -0.2) is 0 Å². The molecule has 1 aliphatic heterocycles. The van der Waals surface area contributed by atoms with Gasteiger partial charge >= 0.3 is 0 Å². The van der Waals surface area contributed by atoms with Gasteiger partial charge in [-0.2, -0.15) is 0 Å². The van der Waals surface area contributed by atoms with Crippen molar-refractivity contribution in [1.29, 1.82) is 0 Å². The third kappa shape index (κ3) is 1.69. The fraction of sp³-hybridized carbons (Fsp3) is 0.412. The highest BCUT2D eigenvalue weighted by Gasteiger charge is 2.38. The number of benzene rings is 1. The van der Waals surface area contributed by atoms with Crippen molar-refractivity contribution in [3.05, 3.63) is 52.3 Å². The molecule has 0 saturated heterocycles. The number of aryl methyl sites for hydroxylation is 2. The van der Waals surface area contributed by atoms with Gasteiger partial charge in [0.05, 0.1) is 0 Å². The largest absolute Gasteiger partial charge is 0.461 e. The highest BCUT2D eigenvalue weighted by atomic mass is 16.5. The standard InChI is InChI=1S/C17H20O/c1-11-5-6-15-17(4,9-11)10-14-8-12(2)7-13(3)16(14)18-15/h5-8H,9-10H2,1-4H3. The smallest absolute Gasteiger partial charge is 0.133 e. The summed E-state index contributed by atoms with van der Waals surface area (Å²) in [4.78, 5) is 0. The average molecular weight is 240 g/mol. The molecule has 0 radical (unpaired) electrons. The summed E-state index contributed by atoms with van der Waals surface area (Å²) in [5.41, 5.74) is 5.53. The van der Waals surface area contributed by atoms with E-state index >= 15 is 0 Å². The van der Waals surface area contributed by atoms with Crippen LogP contribution in [0.25, 0.3) is 0 Å². The Morgan fingerprint density at radius 2 is 1.83 bits per heavy atom. The monoisotopic (exact) mass is 240 g/mol. The van der Waals surface area contributed by atoms with E-state index in [-0.39, 0.29) is 5.41 Å². The molecule has 1 heteroatoms. The maximum absolute atomic E-state index is 6.19. The first kappa shape index (κ1) is 11.6. The summed E-state index contributed by atoms with van der Waals surface area (Å²) in [7, 11) is 0. The Labute approximate surface area is 109 Å². The summed E-state index contributed by atoms with van der Waals surface area (Å²) >= 11 is 0. The van der Waals surface area contributed by atoms with Crippen LogP contribution in [0.5, 0.6) is 5.75 Å². The van der Waals surface area contributed by atoms with E-state index in [4.69, 9.17) is 4.74 Å². The van der Waals surface area contributed by atoms with Gasteiger partial charge in [0.2, 0.25) is 0 Å². The number of hydrogen-bond acceptors (Lipinski definition) is 1. The van der Waals surface area contributed by atoms with Crippen molar-refractivity contribution in [2.24, 2.45) is 5.41 Å². The van der Waals surface area contributed by atoms with E-state index in [1.165, 1.54) is 22.3 Å². The van der Waals surface area contributed by atoms with Crippen LogP contribution in [0, 0.1) is 19.3 Å². The molecule has 0 amide bonds. The minimum Gasteiger partial charge on any atom is -0.461 e. The van der Waals surface area contributed by atoms with E-state index in [0.29, 0.717) is 0 Å². The van der Waals surface area contributed by atoms with Crippen LogP contribution in [0.1, 0.15) is 37.0 Å². The Hall–Kier alpha value is -1.50. The summed E-state index contributed by atoms with van der Waals surface area (Å²) in [5.74, 6) is 2.21. The topological polar surface area (TPSA) is 9.23 Å². The molecule has 1 heterocycles. The lowest BCUT2D eigenvalue weighted by Gasteiger charge is -2.39. The highest BCUT2D eigenvalue weighted by molar-refractivity contribution is 5.49. The second-order valence-corrected chi connectivity index (χ2v) is 6.13. The van der Waals surface area contributed by atoms with Gasteiger partial charge in [0.15, 0.2) is 0 Å². The first-order valence-electron chi connectivity index (χ1n) is 6.64. The zero-order valence-electron chi connectivity index (χ0n) is 11.6. The summed E-state index contributed by atoms with van der Waals surface area (Å²) in [6.07, 6.45) is 6.53. The molecular weight excluding hydrogens is 220 g/mol. The molecule has 18 heavy (non-hydrogen) atoms. The molecule has 1 aromatic rings. The molecule has 0 fully saturated rings. The van der Waals surface area contributed by atoms with Crippen LogP contribution < -0.4 is 4.74 Å². The molecule has 1 nitrogen and oxygen atoms in total. The van der Waals surface area contributed by atoms with E-state index in [1.54, 1.807) is 0 Å². The Morgan fingerprint density at radius 1 is 1.06 bits per heavy atom. The number of fused-ring (bicyclic) bond motifs is 2. The Kier molecular flexibility index (Phi) is 2.41. The molecular formula is C17H20O. The number of rotatable bonds is 0. The van der Waals surface area contributed by atoms with Gasteiger partial charge in [0, 0.05) is 5.41 Å². The SMILES string of the molecule is CC1=CC=C2Oc3c(C)cc(C)cc3CC2(C)C1. The molecule has 2 aliphatic rings. The molecule has 0 aromatic heterocycles. The minimum absolute atomic E-state index is 0.145. The number of hydrogen-bond donors (Lipinski definition) is 0. The first-order chi connectivity index (χ1) is 8.48. The molecule has 0 N–H and O–H groups in total. The van der Waals surface area contributed by atoms with Gasteiger partial charge in [-0.25, -0.2) is 0 Å². The van der Waals surface area contributed by atoms with Crippen molar-refractivity contribution >= 4 is 0 Å². The minimum atomic E-state index is 0.145. The molecule has 3 rings (SSSR count). The lowest BCUT2D eigenvalue weighted by Crippen LogP contribution is -2.32. The van der Waals surface area contributed by atoms with Crippen LogP contribution in [0.2, 0.25) is 0 Å². The number of ether oxygens (including phenoxy) is 1. The maximum atomic E-state index is 6.19. The average Bonchev–Trinajstić information content (AvgIpc) is 2.25. The molecule has 0 bridgehead atoms. The van der Waals surface area contributed by atoms with Crippen molar-refractivity contribution in [2.75, 3.05) is 0 Å².